The third kappa shape index (κ3) is 3.38. The van der Waals surface area contributed by atoms with Gasteiger partial charge in [0.25, 0.3) is 0 Å². The van der Waals surface area contributed by atoms with E-state index in [2.05, 4.69) is 31.5 Å². The Morgan fingerprint density at radius 1 is 1.40 bits per heavy atom. The molecule has 2 amide bonds. The van der Waals surface area contributed by atoms with Crippen LogP contribution in [0, 0.1) is 11.6 Å². The van der Waals surface area contributed by atoms with Crippen LogP contribution < -0.4 is 21.9 Å². The van der Waals surface area contributed by atoms with Gasteiger partial charge >= 0.3 is 6.03 Å². The second-order valence-corrected chi connectivity index (χ2v) is 7.00. The number of nitrogens with two attached hydrogens (primary N) is 1. The maximum Gasteiger partial charge on any atom is 0.332 e. The number of nitrogens with zero attached hydrogens (tertiary/aromatic N) is 4. The molecule has 1 aromatic rings. The molecule has 0 bridgehead atoms. The third-order valence-electron chi connectivity index (χ3n) is 5.04. The van der Waals surface area contributed by atoms with Crippen molar-refractivity contribution in [1.82, 2.24) is 15.9 Å². The fourth-order valence-corrected chi connectivity index (χ4v) is 3.50. The van der Waals surface area contributed by atoms with Crippen molar-refractivity contribution in [3.63, 3.8) is 0 Å². The molecule has 0 spiro atoms. The Kier molecular flexibility index (Phi) is 4.94. The zero-order chi connectivity index (χ0) is 21.4. The number of hydrazone groups is 3. The van der Waals surface area contributed by atoms with E-state index < -0.39 is 29.7 Å². The number of allylic oxidation sites excluding steroid dienone is 1. The van der Waals surface area contributed by atoms with Crippen LogP contribution in [0.3, 0.4) is 0 Å². The van der Waals surface area contributed by atoms with Crippen molar-refractivity contribution >= 4 is 35.1 Å². The number of carbonyl (C=O) groups is 1. The Morgan fingerprint density at radius 2 is 2.20 bits per heavy atom. The van der Waals surface area contributed by atoms with Gasteiger partial charge in [0.15, 0.2) is 5.84 Å². The first-order chi connectivity index (χ1) is 14.4. The van der Waals surface area contributed by atoms with Gasteiger partial charge in [0.2, 0.25) is 0 Å². The van der Waals surface area contributed by atoms with Gasteiger partial charge in [0.05, 0.1) is 5.71 Å². The Morgan fingerprint density at radius 3 is 2.97 bits per heavy atom. The summed E-state index contributed by atoms with van der Waals surface area (Å²) in [5, 5.41) is 17.0. The molecule has 5 N–H and O–H groups in total. The van der Waals surface area contributed by atoms with Crippen molar-refractivity contribution in [3.8, 4) is 0 Å². The van der Waals surface area contributed by atoms with E-state index in [0.29, 0.717) is 35.1 Å². The molecule has 0 aliphatic carbocycles. The van der Waals surface area contributed by atoms with Crippen LogP contribution in [0.1, 0.15) is 30.9 Å². The van der Waals surface area contributed by atoms with Crippen LogP contribution in [0.15, 0.2) is 39.6 Å². The number of hydrogen-bond donors (Lipinski definition) is 4. The number of urea groups is 1. The van der Waals surface area contributed by atoms with Crippen molar-refractivity contribution in [3.05, 3.63) is 47.1 Å². The standard InChI is InChI=1S/C19H20F2N8O/c1-9(16-12(20)8-14-11(17(16)21)4-3-7-23-14)18-26-25-15-6-5-13(28-29(15)18)10(2)24-27-19(22)30/h3-6,8-9,18,23,26H,7H2,1-2H3,(H3,22,27,30)/b24-10+. The van der Waals surface area contributed by atoms with Crippen LogP contribution in [0.2, 0.25) is 0 Å². The third-order valence-corrected chi connectivity index (χ3v) is 5.04. The number of fused-ring (bicyclic) bond motifs is 2. The monoisotopic (exact) mass is 414 g/mol. The summed E-state index contributed by atoms with van der Waals surface area (Å²) < 4.78 is 30.0. The van der Waals surface area contributed by atoms with Crippen molar-refractivity contribution in [1.29, 1.82) is 0 Å². The molecule has 3 heterocycles. The lowest BCUT2D eigenvalue weighted by molar-refractivity contribution is 0.249. The largest absolute Gasteiger partial charge is 0.381 e. The van der Waals surface area contributed by atoms with Gasteiger partial charge in [-0.1, -0.05) is 19.1 Å². The van der Waals surface area contributed by atoms with E-state index in [1.165, 1.54) is 11.1 Å². The molecule has 0 aromatic heterocycles. The number of halogens is 2. The molecule has 11 heteroatoms. The van der Waals surface area contributed by atoms with Crippen molar-refractivity contribution in [2.24, 2.45) is 21.0 Å². The van der Waals surface area contributed by atoms with Crippen molar-refractivity contribution in [2.75, 3.05) is 11.9 Å². The molecule has 156 valence electrons. The van der Waals surface area contributed by atoms with Gasteiger partial charge in [0.1, 0.15) is 23.5 Å². The summed E-state index contributed by atoms with van der Waals surface area (Å²) in [5.41, 5.74) is 11.6. The first kappa shape index (κ1) is 19.6. The van der Waals surface area contributed by atoms with E-state index in [-0.39, 0.29) is 5.56 Å². The lowest BCUT2D eigenvalue weighted by Gasteiger charge is -2.30. The van der Waals surface area contributed by atoms with E-state index in [1.54, 1.807) is 38.2 Å². The number of amides is 2. The fraction of sp³-hybridized carbons (Fsp3) is 0.263. The number of primary amides is 1. The van der Waals surface area contributed by atoms with Gasteiger partial charge in [-0.3, -0.25) is 5.43 Å². The predicted octanol–water partition coefficient (Wildman–Crippen LogP) is 2.02. The summed E-state index contributed by atoms with van der Waals surface area (Å²) in [6.45, 7) is 3.86. The van der Waals surface area contributed by atoms with Crippen molar-refractivity contribution in [2.45, 2.75) is 25.9 Å². The Labute approximate surface area is 171 Å². The Hall–Kier alpha value is -3.76. The summed E-state index contributed by atoms with van der Waals surface area (Å²) >= 11 is 0. The fourth-order valence-electron chi connectivity index (χ4n) is 3.50. The quantitative estimate of drug-likeness (QED) is 0.445. The molecule has 1 aromatic carbocycles. The first-order valence-electron chi connectivity index (χ1n) is 9.28. The zero-order valence-electron chi connectivity index (χ0n) is 16.3. The number of hydrogen-bond acceptors (Lipinski definition) is 7. The number of benzene rings is 1. The average Bonchev–Trinajstić information content (AvgIpc) is 3.15. The topological polar surface area (TPSA) is 119 Å². The van der Waals surface area contributed by atoms with Crippen molar-refractivity contribution < 1.29 is 13.6 Å². The molecular formula is C19H20F2N8O. The molecule has 0 saturated heterocycles. The van der Waals surface area contributed by atoms with Gasteiger partial charge in [-0.05, 0) is 25.1 Å². The number of anilines is 1. The second kappa shape index (κ2) is 7.58. The Balaban J connectivity index is 1.65. The lowest BCUT2D eigenvalue weighted by atomic mass is 9.92. The van der Waals surface area contributed by atoms with Gasteiger partial charge in [-0.2, -0.15) is 15.3 Å². The van der Waals surface area contributed by atoms with Crippen LogP contribution in [-0.2, 0) is 0 Å². The van der Waals surface area contributed by atoms with E-state index in [0.717, 1.165) is 0 Å². The highest BCUT2D eigenvalue weighted by Gasteiger charge is 2.37. The summed E-state index contributed by atoms with van der Waals surface area (Å²) in [6, 6.07) is 0.509. The average molecular weight is 414 g/mol. The van der Waals surface area contributed by atoms with E-state index >= 15 is 4.39 Å². The predicted molar refractivity (Wildman–Crippen MR) is 111 cm³/mol. The molecular weight excluding hydrogens is 394 g/mol. The van der Waals surface area contributed by atoms with Crippen LogP contribution in [-0.4, -0.2) is 41.0 Å². The highest BCUT2D eigenvalue weighted by molar-refractivity contribution is 6.46. The maximum absolute atomic E-state index is 15.2. The van der Waals surface area contributed by atoms with Crippen LogP contribution in [0.25, 0.3) is 6.08 Å². The van der Waals surface area contributed by atoms with E-state index in [4.69, 9.17) is 5.73 Å². The van der Waals surface area contributed by atoms with Crippen LogP contribution in [0.5, 0.6) is 0 Å². The van der Waals surface area contributed by atoms with Crippen LogP contribution in [0.4, 0.5) is 19.3 Å². The van der Waals surface area contributed by atoms with Gasteiger partial charge in [-0.25, -0.2) is 24.0 Å². The minimum Gasteiger partial charge on any atom is -0.381 e. The molecule has 30 heavy (non-hydrogen) atoms. The van der Waals surface area contributed by atoms with Crippen LogP contribution >= 0.6 is 0 Å². The molecule has 0 fully saturated rings. The number of nitrogens with one attached hydrogen (secondary N) is 3. The molecule has 3 aliphatic heterocycles. The smallest absolute Gasteiger partial charge is 0.332 e. The van der Waals surface area contributed by atoms with Gasteiger partial charge in [0, 0.05) is 29.3 Å². The molecule has 0 saturated carbocycles. The normalized spacial score (nSPS) is 20.5. The number of rotatable bonds is 4. The maximum atomic E-state index is 15.2. The minimum atomic E-state index is -0.798. The highest BCUT2D eigenvalue weighted by Crippen LogP contribution is 2.35. The SMILES string of the molecule is C/C(=N\NC(N)=O)C1=NN2C(=NNC2C(C)c2c(F)cc3c(c2F)C=CCN3)C=C1. The summed E-state index contributed by atoms with van der Waals surface area (Å²) in [6.07, 6.45) is 6.16. The molecule has 2 unspecified atom stereocenters. The molecule has 0 radical (unpaired) electrons. The second-order valence-electron chi connectivity index (χ2n) is 7.00. The lowest BCUT2D eigenvalue weighted by Crippen LogP contribution is -2.42. The molecule has 2 atom stereocenters. The summed E-state index contributed by atoms with van der Waals surface area (Å²) in [5.74, 6) is -1.40. The zero-order valence-corrected chi connectivity index (χ0v) is 16.3. The minimum absolute atomic E-state index is 0.0527. The van der Waals surface area contributed by atoms with Gasteiger partial charge < -0.3 is 11.1 Å². The summed E-state index contributed by atoms with van der Waals surface area (Å²) in [4.78, 5) is 10.9. The van der Waals surface area contributed by atoms with E-state index in [9.17, 15) is 9.18 Å². The molecule has 3 aliphatic rings. The summed E-state index contributed by atoms with van der Waals surface area (Å²) in [7, 11) is 0. The van der Waals surface area contributed by atoms with Gasteiger partial charge in [-0.15, -0.1) is 0 Å². The first-order valence-corrected chi connectivity index (χ1v) is 9.28. The number of carbonyl (C=O) groups excluding carboxylic acids is 1. The Bertz CT molecular complexity index is 1060. The highest BCUT2D eigenvalue weighted by atomic mass is 19.1. The molecule has 9 nitrogen and oxygen atoms in total. The number of amidine groups is 1. The van der Waals surface area contributed by atoms with E-state index in [1.807, 2.05) is 0 Å². The molecule has 4 rings (SSSR count).